The highest BCUT2D eigenvalue weighted by atomic mass is 16.7. The zero-order valence-corrected chi connectivity index (χ0v) is 15.8. The number of carbonyl (C=O) groups is 2. The average molecular weight is 384 g/mol. The van der Waals surface area contributed by atoms with Crippen LogP contribution in [0.5, 0.6) is 23.0 Å². The maximum atomic E-state index is 13.2. The maximum absolute atomic E-state index is 13.2. The molecule has 28 heavy (non-hydrogen) atoms. The van der Waals surface area contributed by atoms with Gasteiger partial charge in [0, 0.05) is 5.56 Å². The largest absolute Gasteiger partial charge is 0.497 e. The second kappa shape index (κ2) is 6.63. The summed E-state index contributed by atoms with van der Waals surface area (Å²) in [6, 6.07) is 9.97. The fraction of sp³-hybridized carbons (Fsp3) is 0.300. The molecule has 1 atom stereocenters. The summed E-state index contributed by atoms with van der Waals surface area (Å²) in [5, 5.41) is 2.79. The number of benzene rings is 2. The molecule has 0 unspecified atom stereocenters. The molecule has 146 valence electrons. The molecular formula is C20H20N2O6. The number of methoxy groups -OCH3 is 2. The van der Waals surface area contributed by atoms with Crippen molar-refractivity contribution in [2.24, 2.45) is 0 Å². The van der Waals surface area contributed by atoms with Gasteiger partial charge in [-0.15, -0.1) is 0 Å². The van der Waals surface area contributed by atoms with E-state index in [2.05, 4.69) is 5.32 Å². The van der Waals surface area contributed by atoms with Crippen molar-refractivity contribution in [3.63, 3.8) is 0 Å². The van der Waals surface area contributed by atoms with Gasteiger partial charge in [-0.05, 0) is 42.8 Å². The van der Waals surface area contributed by atoms with E-state index >= 15 is 0 Å². The van der Waals surface area contributed by atoms with Gasteiger partial charge in [0.2, 0.25) is 6.79 Å². The molecule has 2 heterocycles. The minimum atomic E-state index is -1.20. The molecule has 3 amide bonds. The van der Waals surface area contributed by atoms with E-state index in [-0.39, 0.29) is 19.2 Å². The van der Waals surface area contributed by atoms with Crippen LogP contribution >= 0.6 is 0 Å². The molecule has 2 aromatic carbocycles. The van der Waals surface area contributed by atoms with E-state index in [1.54, 1.807) is 50.4 Å². The lowest BCUT2D eigenvalue weighted by molar-refractivity contribution is -0.131. The van der Waals surface area contributed by atoms with Gasteiger partial charge in [-0.1, -0.05) is 6.07 Å². The quantitative estimate of drug-likeness (QED) is 0.797. The number of urea groups is 1. The third-order valence-corrected chi connectivity index (χ3v) is 5.04. The summed E-state index contributed by atoms with van der Waals surface area (Å²) in [7, 11) is 3.09. The first kappa shape index (κ1) is 18.0. The van der Waals surface area contributed by atoms with E-state index < -0.39 is 11.6 Å². The van der Waals surface area contributed by atoms with Crippen LogP contribution in [0.2, 0.25) is 0 Å². The zero-order chi connectivity index (χ0) is 19.9. The summed E-state index contributed by atoms with van der Waals surface area (Å²) in [6.45, 7) is 1.87. The van der Waals surface area contributed by atoms with Crippen LogP contribution in [0.25, 0.3) is 0 Å². The molecule has 0 radical (unpaired) electrons. The van der Waals surface area contributed by atoms with Crippen molar-refractivity contribution in [2.75, 3.05) is 21.0 Å². The first-order valence-corrected chi connectivity index (χ1v) is 8.71. The Kier molecular flexibility index (Phi) is 4.26. The predicted octanol–water partition coefficient (Wildman–Crippen LogP) is 2.40. The Labute approximate surface area is 161 Å². The van der Waals surface area contributed by atoms with Crippen LogP contribution in [0.4, 0.5) is 4.79 Å². The van der Waals surface area contributed by atoms with Gasteiger partial charge in [0.25, 0.3) is 5.91 Å². The Morgan fingerprint density at radius 2 is 1.86 bits per heavy atom. The monoisotopic (exact) mass is 384 g/mol. The molecule has 2 aromatic rings. The molecule has 8 nitrogen and oxygen atoms in total. The number of nitrogens with one attached hydrogen (secondary N) is 1. The van der Waals surface area contributed by atoms with Gasteiger partial charge in [-0.3, -0.25) is 9.69 Å². The minimum Gasteiger partial charge on any atom is -0.497 e. The highest BCUT2D eigenvalue weighted by Crippen LogP contribution is 2.38. The van der Waals surface area contributed by atoms with Gasteiger partial charge in [-0.25, -0.2) is 4.79 Å². The van der Waals surface area contributed by atoms with Crippen LogP contribution in [0, 0.1) is 0 Å². The van der Waals surface area contributed by atoms with Crippen LogP contribution in [0.1, 0.15) is 18.1 Å². The van der Waals surface area contributed by atoms with E-state index in [4.69, 9.17) is 18.9 Å². The minimum absolute atomic E-state index is 0.0607. The SMILES string of the molecule is COc1ccc(OC)c(CN2C(=O)N[C@](C)(c3ccc4c(c3)OCO4)C2=O)c1. The normalized spacial score (nSPS) is 20.3. The lowest BCUT2D eigenvalue weighted by atomic mass is 9.91. The molecule has 4 rings (SSSR count). The molecule has 0 aliphatic carbocycles. The predicted molar refractivity (Wildman–Crippen MR) is 98.5 cm³/mol. The first-order valence-electron chi connectivity index (χ1n) is 8.71. The van der Waals surface area contributed by atoms with E-state index in [1.165, 1.54) is 12.0 Å². The number of carbonyl (C=O) groups excluding carboxylic acids is 2. The molecule has 2 aliphatic heterocycles. The first-order chi connectivity index (χ1) is 13.5. The number of hydrogen-bond acceptors (Lipinski definition) is 6. The Bertz CT molecular complexity index is 960. The van der Waals surface area contributed by atoms with E-state index in [9.17, 15) is 9.59 Å². The smallest absolute Gasteiger partial charge is 0.325 e. The van der Waals surface area contributed by atoms with Crippen LogP contribution in [-0.2, 0) is 16.9 Å². The number of imide groups is 1. The van der Waals surface area contributed by atoms with Gasteiger partial charge >= 0.3 is 6.03 Å². The van der Waals surface area contributed by atoms with Crippen molar-refractivity contribution in [1.29, 1.82) is 0 Å². The molecule has 8 heteroatoms. The standard InChI is InChI=1S/C20H20N2O6/c1-20(13-4-6-16-17(9-13)28-11-27-16)18(23)22(19(24)21-20)10-12-8-14(25-2)5-7-15(12)26-3/h4-9H,10-11H2,1-3H3,(H,21,24)/t20-/m1/s1. The van der Waals surface area contributed by atoms with Crippen LogP contribution in [0.15, 0.2) is 36.4 Å². The summed E-state index contributed by atoms with van der Waals surface area (Å²) >= 11 is 0. The zero-order valence-electron chi connectivity index (χ0n) is 15.8. The second-order valence-corrected chi connectivity index (χ2v) is 6.69. The Morgan fingerprint density at radius 1 is 1.07 bits per heavy atom. The van der Waals surface area contributed by atoms with Gasteiger partial charge in [0.05, 0.1) is 20.8 Å². The van der Waals surface area contributed by atoms with Gasteiger partial charge in [0.1, 0.15) is 17.0 Å². The summed E-state index contributed by atoms with van der Waals surface area (Å²) < 4.78 is 21.3. The highest BCUT2D eigenvalue weighted by molar-refractivity contribution is 6.07. The highest BCUT2D eigenvalue weighted by Gasteiger charge is 2.49. The lowest BCUT2D eigenvalue weighted by Gasteiger charge is -2.23. The van der Waals surface area contributed by atoms with Crippen LogP contribution in [-0.4, -0.2) is 37.9 Å². The molecule has 0 saturated carbocycles. The topological polar surface area (TPSA) is 86.3 Å². The van der Waals surface area contributed by atoms with Crippen molar-refractivity contribution < 1.29 is 28.5 Å². The molecule has 0 bridgehead atoms. The van der Waals surface area contributed by atoms with E-state index in [0.29, 0.717) is 34.1 Å². The maximum Gasteiger partial charge on any atom is 0.325 e. The third-order valence-electron chi connectivity index (χ3n) is 5.04. The molecule has 0 aromatic heterocycles. The van der Waals surface area contributed by atoms with Crippen molar-refractivity contribution >= 4 is 11.9 Å². The van der Waals surface area contributed by atoms with Crippen LogP contribution < -0.4 is 24.3 Å². The second-order valence-electron chi connectivity index (χ2n) is 6.69. The number of nitrogens with zero attached hydrogens (tertiary/aromatic N) is 1. The lowest BCUT2D eigenvalue weighted by Crippen LogP contribution is -2.40. The fourth-order valence-corrected chi connectivity index (χ4v) is 3.42. The van der Waals surface area contributed by atoms with Crippen molar-refractivity contribution in [3.8, 4) is 23.0 Å². The Hall–Kier alpha value is -3.42. The molecule has 1 saturated heterocycles. The number of fused-ring (bicyclic) bond motifs is 1. The summed E-state index contributed by atoms with van der Waals surface area (Å²) in [6.07, 6.45) is 0. The van der Waals surface area contributed by atoms with E-state index in [1.807, 2.05) is 0 Å². The summed E-state index contributed by atoms with van der Waals surface area (Å²) in [5.74, 6) is 1.98. The molecule has 0 spiro atoms. The van der Waals surface area contributed by atoms with E-state index in [0.717, 1.165) is 0 Å². The number of ether oxygens (including phenoxy) is 4. The summed E-state index contributed by atoms with van der Waals surface area (Å²) in [5.41, 5.74) is 0.0833. The number of hydrogen-bond donors (Lipinski definition) is 1. The van der Waals surface area contributed by atoms with Crippen LogP contribution in [0.3, 0.4) is 0 Å². The molecule has 2 aliphatic rings. The molecular weight excluding hydrogens is 364 g/mol. The van der Waals surface area contributed by atoms with Gasteiger partial charge in [0.15, 0.2) is 11.5 Å². The Balaban J connectivity index is 1.64. The van der Waals surface area contributed by atoms with Gasteiger partial charge in [-0.2, -0.15) is 0 Å². The Morgan fingerprint density at radius 3 is 2.61 bits per heavy atom. The fourth-order valence-electron chi connectivity index (χ4n) is 3.42. The average Bonchev–Trinajstić information content (AvgIpc) is 3.26. The molecule has 1 fully saturated rings. The van der Waals surface area contributed by atoms with Crippen molar-refractivity contribution in [2.45, 2.75) is 19.0 Å². The van der Waals surface area contributed by atoms with Crippen molar-refractivity contribution in [3.05, 3.63) is 47.5 Å². The van der Waals surface area contributed by atoms with Crippen molar-refractivity contribution in [1.82, 2.24) is 10.2 Å². The number of amides is 3. The third kappa shape index (κ3) is 2.77. The van der Waals surface area contributed by atoms with Gasteiger partial charge < -0.3 is 24.3 Å². The number of rotatable bonds is 5. The molecule has 1 N–H and O–H groups in total. The summed E-state index contributed by atoms with van der Waals surface area (Å²) in [4.78, 5) is 27.0.